The largest absolute Gasteiger partial charge is 0.367 e. The summed E-state index contributed by atoms with van der Waals surface area (Å²) in [5, 5.41) is 9.98. The lowest BCUT2D eigenvalue weighted by Gasteiger charge is -2.10. The number of anilines is 1. The minimum atomic E-state index is -3.15. The molecular weight excluding hydrogens is 416 g/mol. The number of rotatable bonds is 5. The summed E-state index contributed by atoms with van der Waals surface area (Å²) < 4.78 is 46.6. The van der Waals surface area contributed by atoms with E-state index in [2.05, 4.69) is 20.7 Å². The molecule has 5 rings (SSSR count). The zero-order valence-corrected chi connectivity index (χ0v) is 16.8. The summed E-state index contributed by atoms with van der Waals surface area (Å²) in [6.07, 6.45) is 4.99. The molecule has 1 saturated heterocycles. The Hall–Kier alpha value is -3.53. The predicted molar refractivity (Wildman–Crippen MR) is 117 cm³/mol. The van der Waals surface area contributed by atoms with Crippen LogP contribution in [0.1, 0.15) is 42.7 Å². The Morgan fingerprint density at radius 1 is 1.39 bits per heavy atom. The van der Waals surface area contributed by atoms with Gasteiger partial charge in [0, 0.05) is 45.4 Å². The van der Waals surface area contributed by atoms with Crippen molar-refractivity contribution in [3.8, 4) is 10.6 Å². The topological polar surface area (TPSA) is 109 Å². The van der Waals surface area contributed by atoms with Gasteiger partial charge in [0.1, 0.15) is 5.82 Å². The van der Waals surface area contributed by atoms with Crippen LogP contribution in [-0.4, -0.2) is 57.2 Å². The molecule has 4 heterocycles. The monoisotopic (exact) mass is 442 g/mol. The highest BCUT2D eigenvalue weighted by Crippen LogP contribution is 2.32. The van der Waals surface area contributed by atoms with Crippen LogP contribution in [0.3, 0.4) is 0 Å². The van der Waals surface area contributed by atoms with Gasteiger partial charge in [0.25, 0.3) is 11.8 Å². The fraction of sp³-hybridized carbons (Fsp3) is 0.286. The third-order valence-electron chi connectivity index (χ3n) is 4.93. The second-order valence-corrected chi connectivity index (χ2v) is 8.39. The third kappa shape index (κ3) is 3.70. The zero-order chi connectivity index (χ0) is 26.7. The van der Waals surface area contributed by atoms with Crippen LogP contribution in [0.5, 0.6) is 0 Å². The summed E-state index contributed by atoms with van der Waals surface area (Å²) in [5.74, 6) is -1.39. The molecule has 1 aliphatic heterocycles. The van der Waals surface area contributed by atoms with Crippen LogP contribution in [0.2, 0.25) is 0 Å². The molecular formula is C21H20N6O3S. The molecule has 1 aliphatic carbocycles. The van der Waals surface area contributed by atoms with Crippen LogP contribution in [0.15, 0.2) is 30.0 Å². The molecule has 31 heavy (non-hydrogen) atoms. The molecule has 0 bridgehead atoms. The summed E-state index contributed by atoms with van der Waals surface area (Å²) in [7, 11) is 0. The molecule has 0 spiro atoms. The van der Waals surface area contributed by atoms with Crippen LogP contribution >= 0.6 is 11.3 Å². The van der Waals surface area contributed by atoms with Gasteiger partial charge in [-0.1, -0.05) is 0 Å². The first kappa shape index (κ1) is 13.7. The molecule has 1 saturated carbocycles. The van der Waals surface area contributed by atoms with Crippen LogP contribution in [0.4, 0.5) is 5.82 Å². The average molecular weight is 443 g/mol. The number of amides is 3. The number of imide groups is 1. The maximum Gasteiger partial charge on any atom is 0.263 e. The molecule has 0 atom stereocenters. The average Bonchev–Trinajstić information content (AvgIpc) is 3.15. The van der Waals surface area contributed by atoms with Crippen molar-refractivity contribution in [3.05, 3.63) is 40.4 Å². The maximum absolute atomic E-state index is 12.9. The van der Waals surface area contributed by atoms with Gasteiger partial charge in [-0.25, -0.2) is 4.98 Å². The number of thiophene rings is 1. The van der Waals surface area contributed by atoms with Crippen molar-refractivity contribution < 1.29 is 22.6 Å². The summed E-state index contributed by atoms with van der Waals surface area (Å²) in [6, 6.07) is 4.91. The van der Waals surface area contributed by atoms with Crippen molar-refractivity contribution in [2.45, 2.75) is 25.3 Å². The first-order chi connectivity index (χ1) is 17.3. The number of aromatic nitrogens is 3. The van der Waals surface area contributed by atoms with Crippen LogP contribution < -0.4 is 10.6 Å². The van der Waals surface area contributed by atoms with Crippen molar-refractivity contribution in [1.82, 2.24) is 24.8 Å². The van der Waals surface area contributed by atoms with E-state index in [9.17, 15) is 14.4 Å². The fourth-order valence-corrected chi connectivity index (χ4v) is 4.15. The number of hydrogen-bond acceptors (Lipinski definition) is 7. The molecule has 158 valence electrons. The van der Waals surface area contributed by atoms with Gasteiger partial charge >= 0.3 is 0 Å². The van der Waals surface area contributed by atoms with Crippen molar-refractivity contribution in [2.75, 3.05) is 19.3 Å². The molecule has 2 N–H and O–H groups in total. The summed E-state index contributed by atoms with van der Waals surface area (Å²) in [5.41, 5.74) is 1.61. The van der Waals surface area contributed by atoms with Crippen LogP contribution in [0.25, 0.3) is 22.3 Å². The van der Waals surface area contributed by atoms with Crippen molar-refractivity contribution in [3.63, 3.8) is 0 Å². The number of fused-ring (bicyclic) bond motifs is 1. The Morgan fingerprint density at radius 3 is 2.94 bits per heavy atom. The van der Waals surface area contributed by atoms with E-state index in [0.717, 1.165) is 24.2 Å². The highest BCUT2D eigenvalue weighted by Gasteiger charge is 2.26. The van der Waals surface area contributed by atoms with E-state index < -0.39 is 31.7 Å². The Labute approximate surface area is 190 Å². The quantitative estimate of drug-likeness (QED) is 0.463. The second-order valence-electron chi connectivity index (χ2n) is 7.31. The first-order valence-electron chi connectivity index (χ1n) is 12.5. The molecule has 10 heteroatoms. The third-order valence-corrected chi connectivity index (χ3v) is 6.02. The standard InChI is InChI=1S/C21H20N6O3S/c1-26(2)21(30)16-6-5-15(31-16)14-9-17(23-13-3-4-13)27-19(24-14)12(10-22-27)7-11-8-18(28)25-20(11)29/h5-7,9-10,13,23H,3-4,8H2,1-2H3,(H,25,28,29)/b11-7+/i1D3,2D3. The second kappa shape index (κ2) is 7.31. The molecule has 2 fully saturated rings. The molecule has 2 aliphatic rings. The van der Waals surface area contributed by atoms with E-state index in [4.69, 9.17) is 8.22 Å². The van der Waals surface area contributed by atoms with Gasteiger partial charge in [0.05, 0.1) is 28.1 Å². The molecule has 3 aromatic rings. The Bertz CT molecular complexity index is 1460. The van der Waals surface area contributed by atoms with Crippen LogP contribution in [0, 0.1) is 0 Å². The number of hydrogen-bond donors (Lipinski definition) is 2. The number of nitrogens with one attached hydrogen (secondary N) is 2. The van der Waals surface area contributed by atoms with Gasteiger partial charge in [0.15, 0.2) is 5.65 Å². The SMILES string of the molecule is [2H]C([2H])([2H])N(C(=O)c1ccc(-c2cc(NC3CC3)n3ncc(/C=C4\CC(=O)NC4=O)c3n2)s1)C([2H])([2H])[2H]. The van der Waals surface area contributed by atoms with Gasteiger partial charge in [-0.05, 0) is 31.1 Å². The van der Waals surface area contributed by atoms with Crippen LogP contribution in [-0.2, 0) is 9.59 Å². The molecule has 3 amide bonds. The minimum Gasteiger partial charge on any atom is -0.367 e. The molecule has 3 aromatic heterocycles. The smallest absolute Gasteiger partial charge is 0.263 e. The van der Waals surface area contributed by atoms with Gasteiger partial charge in [0.2, 0.25) is 5.91 Å². The Morgan fingerprint density at radius 2 is 2.23 bits per heavy atom. The van der Waals surface area contributed by atoms with E-state index in [-0.39, 0.29) is 27.8 Å². The number of carbonyl (C=O) groups is 3. The summed E-state index contributed by atoms with van der Waals surface area (Å²) >= 11 is 0.913. The molecule has 0 aromatic carbocycles. The number of carbonyl (C=O) groups excluding carboxylic acids is 3. The van der Waals surface area contributed by atoms with Gasteiger partial charge in [-0.3, -0.25) is 19.7 Å². The zero-order valence-electron chi connectivity index (χ0n) is 22.0. The Balaban J connectivity index is 1.56. The highest BCUT2D eigenvalue weighted by molar-refractivity contribution is 7.17. The number of nitrogens with zero attached hydrogens (tertiary/aromatic N) is 4. The van der Waals surface area contributed by atoms with Crippen molar-refractivity contribution >= 4 is 46.6 Å². The molecule has 0 unspecified atom stereocenters. The van der Waals surface area contributed by atoms with E-state index >= 15 is 0 Å². The predicted octanol–water partition coefficient (Wildman–Crippen LogP) is 2.16. The summed E-state index contributed by atoms with van der Waals surface area (Å²) in [6.45, 7) is -6.31. The first-order valence-corrected chi connectivity index (χ1v) is 10.3. The Kier molecular flexibility index (Phi) is 3.23. The van der Waals surface area contributed by atoms with E-state index in [0.29, 0.717) is 27.6 Å². The van der Waals surface area contributed by atoms with Crippen molar-refractivity contribution in [2.24, 2.45) is 0 Å². The lowest BCUT2D eigenvalue weighted by molar-refractivity contribution is -0.124. The van der Waals surface area contributed by atoms with Crippen molar-refractivity contribution in [1.29, 1.82) is 0 Å². The van der Waals surface area contributed by atoms with Gasteiger partial charge in [-0.2, -0.15) is 9.61 Å². The minimum absolute atomic E-state index is 0.0527. The molecule has 9 nitrogen and oxygen atoms in total. The maximum atomic E-state index is 12.9. The lowest BCUT2D eigenvalue weighted by atomic mass is 10.1. The highest BCUT2D eigenvalue weighted by atomic mass is 32.1. The van der Waals surface area contributed by atoms with Gasteiger partial charge < -0.3 is 10.2 Å². The summed E-state index contributed by atoms with van der Waals surface area (Å²) in [4.78, 5) is 41.5. The van der Waals surface area contributed by atoms with Gasteiger partial charge in [-0.15, -0.1) is 11.3 Å². The normalized spacial score (nSPS) is 21.1. The van der Waals surface area contributed by atoms with E-state index in [1.807, 2.05) is 0 Å². The fourth-order valence-electron chi connectivity index (χ4n) is 3.26. The lowest BCUT2D eigenvalue weighted by Crippen LogP contribution is -2.20. The molecule has 0 radical (unpaired) electrons. The van der Waals surface area contributed by atoms with E-state index in [1.165, 1.54) is 12.3 Å². The van der Waals surface area contributed by atoms with E-state index in [1.54, 1.807) is 22.7 Å².